The fourth-order valence-electron chi connectivity index (χ4n) is 3.89. The van der Waals surface area contributed by atoms with E-state index >= 15 is 0 Å². The molecule has 31 heavy (non-hydrogen) atoms. The number of aromatic nitrogens is 1. The van der Waals surface area contributed by atoms with E-state index in [9.17, 15) is 18.0 Å². The Hall–Kier alpha value is -2.65. The van der Waals surface area contributed by atoms with Gasteiger partial charge in [-0.1, -0.05) is 12.1 Å². The van der Waals surface area contributed by atoms with Crippen molar-refractivity contribution in [3.05, 3.63) is 51.8 Å². The normalized spacial score (nSPS) is 15.2. The minimum absolute atomic E-state index is 0.217. The summed E-state index contributed by atoms with van der Waals surface area (Å²) in [5.74, 6) is -0.711. The number of piperazine rings is 1. The molecule has 0 radical (unpaired) electrons. The molecule has 1 aromatic carbocycles. The van der Waals surface area contributed by atoms with Crippen molar-refractivity contribution in [2.75, 3.05) is 32.8 Å². The van der Waals surface area contributed by atoms with E-state index in [4.69, 9.17) is 4.74 Å². The average Bonchev–Trinajstić information content (AvgIpc) is 3.03. The molecule has 8 nitrogen and oxygen atoms in total. The van der Waals surface area contributed by atoms with Crippen molar-refractivity contribution in [1.29, 1.82) is 0 Å². The van der Waals surface area contributed by atoms with E-state index in [1.54, 1.807) is 44.7 Å². The van der Waals surface area contributed by atoms with Crippen LogP contribution in [0.25, 0.3) is 0 Å². The Kier molecular flexibility index (Phi) is 6.56. The minimum atomic E-state index is -3.63. The summed E-state index contributed by atoms with van der Waals surface area (Å²) in [6, 6.07) is 5.38. The summed E-state index contributed by atoms with van der Waals surface area (Å²) >= 11 is 0. The summed E-state index contributed by atoms with van der Waals surface area (Å²) in [7, 11) is -3.63. The summed E-state index contributed by atoms with van der Waals surface area (Å²) in [4.78, 5) is 30.2. The van der Waals surface area contributed by atoms with Crippen LogP contribution >= 0.6 is 0 Å². The van der Waals surface area contributed by atoms with Crippen LogP contribution in [0.3, 0.4) is 0 Å². The summed E-state index contributed by atoms with van der Waals surface area (Å²) in [5, 5.41) is 0. The number of hydrogen-bond donors (Lipinski definition) is 1. The van der Waals surface area contributed by atoms with Crippen molar-refractivity contribution in [2.45, 2.75) is 39.5 Å². The molecule has 168 valence electrons. The van der Waals surface area contributed by atoms with Crippen LogP contribution < -0.4 is 0 Å². The van der Waals surface area contributed by atoms with Gasteiger partial charge in [-0.05, 0) is 57.4 Å². The van der Waals surface area contributed by atoms with Crippen LogP contribution in [0, 0.1) is 27.7 Å². The summed E-state index contributed by atoms with van der Waals surface area (Å²) in [5.41, 5.74) is 3.44. The summed E-state index contributed by atoms with van der Waals surface area (Å²) < 4.78 is 32.7. The molecule has 1 saturated heterocycles. The number of aromatic amines is 1. The first-order valence-electron chi connectivity index (χ1n) is 10.3. The maximum Gasteiger partial charge on any atom is 0.355 e. The minimum Gasteiger partial charge on any atom is -0.461 e. The number of rotatable bonds is 5. The van der Waals surface area contributed by atoms with Crippen molar-refractivity contribution in [2.24, 2.45) is 0 Å². The van der Waals surface area contributed by atoms with Crippen LogP contribution in [0.15, 0.2) is 23.1 Å². The number of hydrogen-bond acceptors (Lipinski definition) is 5. The lowest BCUT2D eigenvalue weighted by atomic mass is 10.1. The van der Waals surface area contributed by atoms with Gasteiger partial charge in [0.05, 0.1) is 17.1 Å². The van der Waals surface area contributed by atoms with Crippen LogP contribution in [-0.4, -0.2) is 67.3 Å². The Balaban J connectivity index is 1.76. The van der Waals surface area contributed by atoms with Crippen molar-refractivity contribution in [1.82, 2.24) is 14.2 Å². The molecule has 0 unspecified atom stereocenters. The SMILES string of the molecule is CCOC(=O)c1[nH]c(C)c(C(=O)N2CCN(S(=O)(=O)c3cc(C)ccc3C)CC2)c1C. The zero-order valence-electron chi connectivity index (χ0n) is 18.6. The number of esters is 1. The third kappa shape index (κ3) is 4.38. The molecule has 1 aliphatic rings. The lowest BCUT2D eigenvalue weighted by molar-refractivity contribution is 0.0519. The van der Waals surface area contributed by atoms with Crippen molar-refractivity contribution in [3.8, 4) is 0 Å². The predicted molar refractivity (Wildman–Crippen MR) is 117 cm³/mol. The van der Waals surface area contributed by atoms with Gasteiger partial charge in [0.2, 0.25) is 10.0 Å². The number of H-pyrrole nitrogens is 1. The fraction of sp³-hybridized carbons (Fsp3) is 0.455. The molecular weight excluding hydrogens is 418 g/mol. The van der Waals surface area contributed by atoms with Gasteiger partial charge in [0.25, 0.3) is 5.91 Å². The number of nitrogens with zero attached hydrogens (tertiary/aromatic N) is 2. The van der Waals surface area contributed by atoms with E-state index in [0.717, 1.165) is 5.56 Å². The van der Waals surface area contributed by atoms with E-state index in [0.29, 0.717) is 27.3 Å². The Morgan fingerprint density at radius 2 is 1.71 bits per heavy atom. The summed E-state index contributed by atoms with van der Waals surface area (Å²) in [6.45, 7) is 10.1. The van der Waals surface area contributed by atoms with Crippen molar-refractivity contribution >= 4 is 21.9 Å². The summed E-state index contributed by atoms with van der Waals surface area (Å²) in [6.07, 6.45) is 0. The third-order valence-corrected chi connectivity index (χ3v) is 7.66. The van der Waals surface area contributed by atoms with Gasteiger partial charge in [0, 0.05) is 31.9 Å². The zero-order chi connectivity index (χ0) is 22.9. The van der Waals surface area contributed by atoms with E-state index in [-0.39, 0.29) is 44.4 Å². The quantitative estimate of drug-likeness (QED) is 0.710. The lowest BCUT2D eigenvalue weighted by Gasteiger charge is -2.34. The molecule has 9 heteroatoms. The van der Waals surface area contributed by atoms with Crippen molar-refractivity contribution < 1.29 is 22.7 Å². The lowest BCUT2D eigenvalue weighted by Crippen LogP contribution is -2.50. The fourth-order valence-corrected chi connectivity index (χ4v) is 5.62. The van der Waals surface area contributed by atoms with Crippen LogP contribution in [0.4, 0.5) is 0 Å². The van der Waals surface area contributed by atoms with Gasteiger partial charge in [-0.2, -0.15) is 4.31 Å². The number of amides is 1. The number of carbonyl (C=O) groups is 2. The van der Waals surface area contributed by atoms with Crippen LogP contribution in [0.2, 0.25) is 0 Å². The second-order valence-corrected chi connectivity index (χ2v) is 9.72. The predicted octanol–water partition coefficient (Wildman–Crippen LogP) is 2.57. The largest absolute Gasteiger partial charge is 0.461 e. The highest BCUT2D eigenvalue weighted by Crippen LogP contribution is 2.25. The molecule has 2 aromatic rings. The molecule has 0 bridgehead atoms. The second kappa shape index (κ2) is 8.84. The molecule has 1 amide bonds. The first kappa shape index (κ1) is 23.0. The smallest absolute Gasteiger partial charge is 0.355 e. The van der Waals surface area contributed by atoms with E-state index in [1.165, 1.54) is 4.31 Å². The topological polar surface area (TPSA) is 99.8 Å². The van der Waals surface area contributed by atoms with Crippen molar-refractivity contribution in [3.63, 3.8) is 0 Å². The molecule has 2 heterocycles. The monoisotopic (exact) mass is 447 g/mol. The molecule has 0 spiro atoms. The average molecular weight is 448 g/mol. The number of benzene rings is 1. The highest BCUT2D eigenvalue weighted by atomic mass is 32.2. The Morgan fingerprint density at radius 1 is 1.06 bits per heavy atom. The molecule has 1 aromatic heterocycles. The highest BCUT2D eigenvalue weighted by Gasteiger charge is 2.33. The molecule has 0 saturated carbocycles. The number of nitrogens with one attached hydrogen (secondary N) is 1. The van der Waals surface area contributed by atoms with E-state index < -0.39 is 16.0 Å². The Bertz CT molecular complexity index is 1110. The highest BCUT2D eigenvalue weighted by molar-refractivity contribution is 7.89. The molecule has 3 rings (SSSR count). The molecular formula is C22H29N3O5S. The van der Waals surface area contributed by atoms with Crippen LogP contribution in [0.1, 0.15) is 50.2 Å². The maximum absolute atomic E-state index is 13.1. The van der Waals surface area contributed by atoms with Gasteiger partial charge in [-0.25, -0.2) is 13.2 Å². The number of ether oxygens (including phenoxy) is 1. The molecule has 1 fully saturated rings. The number of aryl methyl sites for hydroxylation is 3. The molecule has 0 atom stereocenters. The van der Waals surface area contributed by atoms with Gasteiger partial charge >= 0.3 is 5.97 Å². The van der Waals surface area contributed by atoms with Gasteiger partial charge in [0.1, 0.15) is 5.69 Å². The number of carbonyl (C=O) groups excluding carboxylic acids is 2. The van der Waals surface area contributed by atoms with Gasteiger partial charge in [0.15, 0.2) is 0 Å². The molecule has 1 aliphatic heterocycles. The zero-order valence-corrected chi connectivity index (χ0v) is 19.4. The van der Waals surface area contributed by atoms with E-state index in [1.807, 2.05) is 13.0 Å². The molecule has 1 N–H and O–H groups in total. The van der Waals surface area contributed by atoms with Gasteiger partial charge < -0.3 is 14.6 Å². The Labute approximate surface area is 183 Å². The molecule has 0 aliphatic carbocycles. The van der Waals surface area contributed by atoms with Crippen LogP contribution in [-0.2, 0) is 14.8 Å². The maximum atomic E-state index is 13.1. The van der Waals surface area contributed by atoms with E-state index in [2.05, 4.69) is 4.98 Å². The van der Waals surface area contributed by atoms with Gasteiger partial charge in [-0.15, -0.1) is 0 Å². The van der Waals surface area contributed by atoms with Crippen LogP contribution in [0.5, 0.6) is 0 Å². The van der Waals surface area contributed by atoms with Gasteiger partial charge in [-0.3, -0.25) is 4.79 Å². The Morgan fingerprint density at radius 3 is 2.32 bits per heavy atom. The standard InChI is InChI=1S/C22H29N3O5S/c1-6-30-22(27)20-16(4)19(17(5)23-20)21(26)24-9-11-25(12-10-24)31(28,29)18-13-14(2)7-8-15(18)3/h7-8,13,23H,6,9-12H2,1-5H3. The first-order chi connectivity index (χ1) is 14.6. The number of sulfonamides is 1. The first-order valence-corrected chi connectivity index (χ1v) is 11.7. The third-order valence-electron chi connectivity index (χ3n) is 5.62. The second-order valence-electron chi connectivity index (χ2n) is 7.81.